The number of hydrogen-bond acceptors (Lipinski definition) is 3. The largest absolute Gasteiger partial charge is 0.311 e. The molecule has 70 heavy (non-hydrogen) atoms. The number of benzene rings is 11. The van der Waals surface area contributed by atoms with E-state index in [1.54, 1.807) is 0 Å². The van der Waals surface area contributed by atoms with Crippen molar-refractivity contribution in [3.05, 3.63) is 291 Å². The quantitative estimate of drug-likeness (QED) is 0.121. The van der Waals surface area contributed by atoms with Crippen molar-refractivity contribution in [2.75, 3.05) is 14.7 Å². The molecule has 0 spiro atoms. The minimum absolute atomic E-state index is 1.06. The third-order valence-electron chi connectivity index (χ3n) is 13.1. The number of fused-ring (bicyclic) bond motifs is 3. The van der Waals surface area contributed by atoms with Gasteiger partial charge in [-0.3, -0.25) is 0 Å². The molecular weight excluding hydrogens is 849 g/mol. The second kappa shape index (κ2) is 18.7. The first-order valence-electron chi connectivity index (χ1n) is 23.8. The van der Waals surface area contributed by atoms with Crippen molar-refractivity contribution in [1.82, 2.24) is 4.57 Å². The topological polar surface area (TPSA) is 14.7 Å². The van der Waals surface area contributed by atoms with E-state index in [2.05, 4.69) is 310 Å². The predicted octanol–water partition coefficient (Wildman–Crippen LogP) is 18.5. The monoisotopic (exact) mass is 896 g/mol. The number of rotatable bonds is 12. The highest BCUT2D eigenvalue weighted by molar-refractivity contribution is 6.09. The van der Waals surface area contributed by atoms with Crippen LogP contribution in [-0.4, -0.2) is 4.57 Å². The summed E-state index contributed by atoms with van der Waals surface area (Å²) in [4.78, 5) is 7.12. The lowest BCUT2D eigenvalue weighted by molar-refractivity contribution is 1.18. The van der Waals surface area contributed by atoms with Crippen molar-refractivity contribution in [3.8, 4) is 27.9 Å². The molecule has 11 aromatic carbocycles. The zero-order chi connectivity index (χ0) is 46.6. The standard InChI is InChI=1S/C66H48N4/c1-7-23-51(24-8-1)67(52-25-9-2-10-26-52)57-43-39-49(40-44-57)61-47-66(69(55-31-15-5-16-32-55)56-33-17-6-18-34-56)62(48-65(61)68(53-27-11-3-12-28-53)54-29-13-4-14-30-54)50-41-45-58(46-42-50)70-63-37-21-19-35-59(63)60-36-20-22-38-64(60)70/h1-48H. The van der Waals surface area contributed by atoms with Crippen molar-refractivity contribution in [3.63, 3.8) is 0 Å². The Morgan fingerprint density at radius 1 is 0.229 bits per heavy atom. The van der Waals surface area contributed by atoms with E-state index >= 15 is 0 Å². The average Bonchev–Trinajstić information content (AvgIpc) is 3.78. The van der Waals surface area contributed by atoms with Crippen molar-refractivity contribution < 1.29 is 0 Å². The van der Waals surface area contributed by atoms with E-state index in [4.69, 9.17) is 0 Å². The zero-order valence-corrected chi connectivity index (χ0v) is 38.5. The van der Waals surface area contributed by atoms with Gasteiger partial charge in [-0.2, -0.15) is 0 Å². The lowest BCUT2D eigenvalue weighted by Gasteiger charge is -2.33. The number of para-hydroxylation sites is 8. The molecule has 0 amide bonds. The molecule has 0 saturated carbocycles. The van der Waals surface area contributed by atoms with Crippen LogP contribution in [0.15, 0.2) is 291 Å². The van der Waals surface area contributed by atoms with Gasteiger partial charge in [0.2, 0.25) is 0 Å². The molecule has 0 saturated heterocycles. The Morgan fingerprint density at radius 3 is 0.843 bits per heavy atom. The molecule has 0 bridgehead atoms. The molecule has 0 aliphatic rings. The molecule has 1 heterocycles. The first kappa shape index (κ1) is 42.0. The lowest BCUT2D eigenvalue weighted by atomic mass is 9.93. The summed E-state index contributed by atoms with van der Waals surface area (Å²) in [5, 5.41) is 2.49. The summed E-state index contributed by atoms with van der Waals surface area (Å²) >= 11 is 0. The summed E-state index contributed by atoms with van der Waals surface area (Å²) in [5.74, 6) is 0. The maximum Gasteiger partial charge on any atom is 0.0547 e. The first-order valence-corrected chi connectivity index (χ1v) is 23.8. The van der Waals surface area contributed by atoms with E-state index in [1.807, 2.05) is 0 Å². The third kappa shape index (κ3) is 7.93. The second-order valence-corrected chi connectivity index (χ2v) is 17.4. The van der Waals surface area contributed by atoms with E-state index in [-0.39, 0.29) is 0 Å². The van der Waals surface area contributed by atoms with Crippen LogP contribution in [0.1, 0.15) is 0 Å². The van der Waals surface area contributed by atoms with Gasteiger partial charge < -0.3 is 19.3 Å². The molecule has 0 radical (unpaired) electrons. The fourth-order valence-corrected chi connectivity index (χ4v) is 9.95. The molecule has 1 aromatic heterocycles. The van der Waals surface area contributed by atoms with Crippen LogP contribution in [0.3, 0.4) is 0 Å². The normalized spacial score (nSPS) is 11.1. The summed E-state index contributed by atoms with van der Waals surface area (Å²) < 4.78 is 2.39. The Kier molecular flexibility index (Phi) is 11.2. The lowest BCUT2D eigenvalue weighted by Crippen LogP contribution is -2.15. The summed E-state index contributed by atoms with van der Waals surface area (Å²) in [7, 11) is 0. The van der Waals surface area contributed by atoms with Gasteiger partial charge in [0.15, 0.2) is 0 Å². The van der Waals surface area contributed by atoms with E-state index < -0.39 is 0 Å². The van der Waals surface area contributed by atoms with Crippen LogP contribution < -0.4 is 14.7 Å². The Hall–Kier alpha value is -9.38. The third-order valence-corrected chi connectivity index (χ3v) is 13.1. The SMILES string of the molecule is c1ccc(N(c2ccccc2)c2ccc(-c3cc(N(c4ccccc4)c4ccccc4)c(-c4ccc(-n5c6ccccc6c6ccccc65)cc4)cc3N(c3ccccc3)c3ccccc3)cc2)cc1. The molecule has 4 heteroatoms. The number of anilines is 9. The van der Waals surface area contributed by atoms with Crippen LogP contribution in [-0.2, 0) is 0 Å². The fourth-order valence-electron chi connectivity index (χ4n) is 9.95. The van der Waals surface area contributed by atoms with E-state index in [1.165, 1.54) is 21.8 Å². The summed E-state index contributed by atoms with van der Waals surface area (Å²) in [6.07, 6.45) is 0. The van der Waals surface area contributed by atoms with Crippen LogP contribution in [0.5, 0.6) is 0 Å². The average molecular weight is 897 g/mol. The highest BCUT2D eigenvalue weighted by atomic mass is 15.2. The Balaban J connectivity index is 1.11. The van der Waals surface area contributed by atoms with E-state index in [0.717, 1.165) is 79.1 Å². The molecule has 332 valence electrons. The Labute approximate surface area is 409 Å². The maximum atomic E-state index is 2.41. The molecule has 0 N–H and O–H groups in total. The van der Waals surface area contributed by atoms with Crippen molar-refractivity contribution in [1.29, 1.82) is 0 Å². The van der Waals surface area contributed by atoms with Crippen LogP contribution in [0, 0.1) is 0 Å². The summed E-state index contributed by atoms with van der Waals surface area (Å²) in [5.41, 5.74) is 17.5. The van der Waals surface area contributed by atoms with Crippen LogP contribution in [0.4, 0.5) is 51.2 Å². The molecule has 0 aliphatic carbocycles. The van der Waals surface area contributed by atoms with Crippen LogP contribution in [0.25, 0.3) is 49.7 Å². The van der Waals surface area contributed by atoms with Gasteiger partial charge in [-0.15, -0.1) is 0 Å². The molecule has 0 aliphatic heterocycles. The van der Waals surface area contributed by atoms with Crippen LogP contribution >= 0.6 is 0 Å². The maximum absolute atomic E-state index is 2.41. The number of aromatic nitrogens is 1. The molecule has 0 fully saturated rings. The van der Waals surface area contributed by atoms with Gasteiger partial charge in [-0.25, -0.2) is 0 Å². The smallest absolute Gasteiger partial charge is 0.0547 e. The fraction of sp³-hybridized carbons (Fsp3) is 0. The van der Waals surface area contributed by atoms with E-state index in [9.17, 15) is 0 Å². The first-order chi connectivity index (χ1) is 34.8. The predicted molar refractivity (Wildman–Crippen MR) is 296 cm³/mol. The highest BCUT2D eigenvalue weighted by Gasteiger charge is 2.25. The van der Waals surface area contributed by atoms with Gasteiger partial charge in [0.25, 0.3) is 0 Å². The Morgan fingerprint density at radius 2 is 0.500 bits per heavy atom. The molecule has 12 aromatic rings. The number of nitrogens with zero attached hydrogens (tertiary/aromatic N) is 4. The highest BCUT2D eigenvalue weighted by Crippen LogP contribution is 2.50. The number of hydrogen-bond donors (Lipinski definition) is 0. The molecule has 0 atom stereocenters. The van der Waals surface area contributed by atoms with Gasteiger partial charge in [-0.1, -0.05) is 170 Å². The van der Waals surface area contributed by atoms with Crippen molar-refractivity contribution in [2.45, 2.75) is 0 Å². The molecule has 12 rings (SSSR count). The van der Waals surface area contributed by atoms with Gasteiger partial charge in [-0.05, 0) is 132 Å². The zero-order valence-electron chi connectivity index (χ0n) is 38.5. The van der Waals surface area contributed by atoms with Crippen LogP contribution in [0.2, 0.25) is 0 Å². The van der Waals surface area contributed by atoms with E-state index in [0.29, 0.717) is 0 Å². The molecule has 0 unspecified atom stereocenters. The van der Waals surface area contributed by atoms with Gasteiger partial charge in [0.1, 0.15) is 0 Å². The molecular formula is C66H48N4. The molecule has 4 nitrogen and oxygen atoms in total. The second-order valence-electron chi connectivity index (χ2n) is 17.4. The van der Waals surface area contributed by atoms with Gasteiger partial charge in [0.05, 0.1) is 22.4 Å². The minimum Gasteiger partial charge on any atom is -0.311 e. The Bertz CT molecular complexity index is 3500. The summed E-state index contributed by atoms with van der Waals surface area (Å²) in [6, 6.07) is 105. The summed E-state index contributed by atoms with van der Waals surface area (Å²) in [6.45, 7) is 0. The minimum atomic E-state index is 1.06. The van der Waals surface area contributed by atoms with Gasteiger partial charge >= 0.3 is 0 Å². The van der Waals surface area contributed by atoms with Gasteiger partial charge in [0, 0.05) is 67.4 Å². The van der Waals surface area contributed by atoms with Crippen molar-refractivity contribution >= 4 is 73.0 Å². The van der Waals surface area contributed by atoms with Crippen molar-refractivity contribution in [2.24, 2.45) is 0 Å².